The van der Waals surface area contributed by atoms with E-state index in [9.17, 15) is 17.6 Å². The van der Waals surface area contributed by atoms with Crippen molar-refractivity contribution in [3.05, 3.63) is 35.6 Å². The van der Waals surface area contributed by atoms with Gasteiger partial charge in [-0.25, -0.2) is 17.5 Å². The van der Waals surface area contributed by atoms with E-state index in [0.717, 1.165) is 6.42 Å². The van der Waals surface area contributed by atoms with Gasteiger partial charge in [-0.3, -0.25) is 4.79 Å². The van der Waals surface area contributed by atoms with Crippen molar-refractivity contribution in [3.63, 3.8) is 0 Å². The van der Waals surface area contributed by atoms with Gasteiger partial charge in [0.1, 0.15) is 5.82 Å². The number of nitrogens with one attached hydrogen (secondary N) is 2. The summed E-state index contributed by atoms with van der Waals surface area (Å²) in [5.74, 6) is -0.611. The summed E-state index contributed by atoms with van der Waals surface area (Å²) in [6.07, 6.45) is 0.765. The average molecular weight is 316 g/mol. The van der Waals surface area contributed by atoms with Gasteiger partial charge in [-0.05, 0) is 36.6 Å². The van der Waals surface area contributed by atoms with Crippen molar-refractivity contribution >= 4 is 15.9 Å². The van der Waals surface area contributed by atoms with E-state index in [4.69, 9.17) is 0 Å². The van der Waals surface area contributed by atoms with E-state index in [1.807, 2.05) is 13.8 Å². The third kappa shape index (κ3) is 7.19. The first-order valence-corrected chi connectivity index (χ1v) is 8.46. The van der Waals surface area contributed by atoms with E-state index in [1.54, 1.807) is 0 Å². The molecule has 2 N–H and O–H groups in total. The van der Waals surface area contributed by atoms with Gasteiger partial charge in [-0.15, -0.1) is 0 Å². The molecule has 21 heavy (non-hydrogen) atoms. The Hall–Kier alpha value is -1.47. The Morgan fingerprint density at radius 3 is 2.38 bits per heavy atom. The van der Waals surface area contributed by atoms with E-state index >= 15 is 0 Å². The average Bonchev–Trinajstić information content (AvgIpc) is 2.38. The third-order valence-electron chi connectivity index (χ3n) is 2.81. The second-order valence-electron chi connectivity index (χ2n) is 5.16. The van der Waals surface area contributed by atoms with Crippen LogP contribution in [0, 0.1) is 11.7 Å². The molecule has 1 rings (SSSR count). The number of rotatable bonds is 8. The monoisotopic (exact) mass is 316 g/mol. The van der Waals surface area contributed by atoms with Gasteiger partial charge < -0.3 is 5.32 Å². The zero-order chi connectivity index (χ0) is 15.9. The van der Waals surface area contributed by atoms with Crippen molar-refractivity contribution in [1.82, 2.24) is 10.0 Å². The van der Waals surface area contributed by atoms with Crippen LogP contribution >= 0.6 is 0 Å². The minimum atomic E-state index is -3.39. The maximum atomic E-state index is 12.7. The van der Waals surface area contributed by atoms with Gasteiger partial charge in [0.2, 0.25) is 10.0 Å². The lowest BCUT2D eigenvalue weighted by Crippen LogP contribution is -2.35. The van der Waals surface area contributed by atoms with Crippen molar-refractivity contribution in [2.24, 2.45) is 5.92 Å². The largest absolute Gasteiger partial charge is 0.351 e. The minimum absolute atomic E-state index is 0.00716. The SMILES string of the molecule is CC(C)CCNS(=O)(=O)CCNC(=O)c1ccc(F)cc1. The summed E-state index contributed by atoms with van der Waals surface area (Å²) in [7, 11) is -3.39. The molecule has 0 heterocycles. The number of carbonyl (C=O) groups excluding carboxylic acids is 1. The molecule has 0 saturated heterocycles. The van der Waals surface area contributed by atoms with Gasteiger partial charge in [-0.1, -0.05) is 13.8 Å². The van der Waals surface area contributed by atoms with E-state index in [1.165, 1.54) is 24.3 Å². The van der Waals surface area contributed by atoms with Crippen LogP contribution in [0.15, 0.2) is 24.3 Å². The summed E-state index contributed by atoms with van der Waals surface area (Å²) in [6, 6.07) is 5.05. The first kappa shape index (κ1) is 17.6. The Morgan fingerprint density at radius 1 is 1.19 bits per heavy atom. The smallest absolute Gasteiger partial charge is 0.251 e. The lowest BCUT2D eigenvalue weighted by molar-refractivity contribution is 0.0956. The zero-order valence-electron chi connectivity index (χ0n) is 12.2. The summed E-state index contributed by atoms with van der Waals surface area (Å²) < 4.78 is 38.5. The molecule has 0 aromatic heterocycles. The summed E-state index contributed by atoms with van der Waals surface area (Å²) >= 11 is 0. The van der Waals surface area contributed by atoms with Crippen molar-refractivity contribution in [2.45, 2.75) is 20.3 Å². The molecule has 1 amide bonds. The highest BCUT2D eigenvalue weighted by Gasteiger charge is 2.11. The fourth-order valence-corrected chi connectivity index (χ4v) is 2.52. The highest BCUT2D eigenvalue weighted by Crippen LogP contribution is 2.02. The first-order valence-electron chi connectivity index (χ1n) is 6.81. The summed E-state index contributed by atoms with van der Waals surface area (Å²) in [6.45, 7) is 4.42. The van der Waals surface area contributed by atoms with E-state index in [-0.39, 0.29) is 12.3 Å². The lowest BCUT2D eigenvalue weighted by Gasteiger charge is -2.09. The molecular weight excluding hydrogens is 295 g/mol. The summed E-state index contributed by atoms with van der Waals surface area (Å²) in [5, 5.41) is 2.49. The molecule has 0 fully saturated rings. The van der Waals surface area contributed by atoms with E-state index < -0.39 is 21.7 Å². The molecule has 0 atom stereocenters. The van der Waals surface area contributed by atoms with Crippen LogP contribution in [0.2, 0.25) is 0 Å². The first-order chi connectivity index (χ1) is 9.80. The molecule has 7 heteroatoms. The molecule has 0 bridgehead atoms. The van der Waals surface area contributed by atoms with Crippen LogP contribution in [-0.4, -0.2) is 33.2 Å². The van der Waals surface area contributed by atoms with Crippen LogP contribution in [0.3, 0.4) is 0 Å². The van der Waals surface area contributed by atoms with Crippen LogP contribution < -0.4 is 10.0 Å². The topological polar surface area (TPSA) is 75.3 Å². The molecule has 1 aromatic rings. The van der Waals surface area contributed by atoms with Crippen molar-refractivity contribution in [3.8, 4) is 0 Å². The Balaban J connectivity index is 2.35. The van der Waals surface area contributed by atoms with Gasteiger partial charge in [0.05, 0.1) is 5.75 Å². The standard InChI is InChI=1S/C14H21FN2O3S/c1-11(2)7-8-17-21(19,20)10-9-16-14(18)12-3-5-13(15)6-4-12/h3-6,11,17H,7-10H2,1-2H3,(H,16,18). The van der Waals surface area contributed by atoms with Gasteiger partial charge in [0.25, 0.3) is 5.91 Å². The van der Waals surface area contributed by atoms with Gasteiger partial charge in [0.15, 0.2) is 0 Å². The van der Waals surface area contributed by atoms with Crippen molar-refractivity contribution in [2.75, 3.05) is 18.8 Å². The van der Waals surface area contributed by atoms with E-state index in [0.29, 0.717) is 18.0 Å². The molecule has 0 spiro atoms. The summed E-state index contributed by atoms with van der Waals surface area (Å²) in [4.78, 5) is 11.7. The highest BCUT2D eigenvalue weighted by molar-refractivity contribution is 7.89. The molecule has 118 valence electrons. The maximum Gasteiger partial charge on any atom is 0.251 e. The normalized spacial score (nSPS) is 11.6. The molecule has 0 unspecified atom stereocenters. The number of halogens is 1. The Bertz CT molecular complexity index is 556. The third-order valence-corrected chi connectivity index (χ3v) is 4.19. The van der Waals surface area contributed by atoms with Crippen LogP contribution in [0.25, 0.3) is 0 Å². The molecule has 0 aliphatic heterocycles. The number of amides is 1. The van der Waals surface area contributed by atoms with Gasteiger partial charge in [0, 0.05) is 18.7 Å². The van der Waals surface area contributed by atoms with Gasteiger partial charge in [-0.2, -0.15) is 0 Å². The van der Waals surface area contributed by atoms with Crippen LogP contribution in [0.4, 0.5) is 4.39 Å². The molecular formula is C14H21FN2O3S. The van der Waals surface area contributed by atoms with Crippen molar-refractivity contribution < 1.29 is 17.6 Å². The molecule has 0 radical (unpaired) electrons. The predicted molar refractivity (Wildman–Crippen MR) is 80.0 cm³/mol. The second-order valence-corrected chi connectivity index (χ2v) is 7.08. The molecule has 0 saturated carbocycles. The Labute approximate surface area is 125 Å². The van der Waals surface area contributed by atoms with Crippen molar-refractivity contribution in [1.29, 1.82) is 0 Å². The number of hydrogen-bond acceptors (Lipinski definition) is 3. The molecule has 0 aliphatic carbocycles. The van der Waals surface area contributed by atoms with Crippen LogP contribution in [-0.2, 0) is 10.0 Å². The number of carbonyl (C=O) groups is 1. The Morgan fingerprint density at radius 2 is 1.81 bits per heavy atom. The van der Waals surface area contributed by atoms with Crippen LogP contribution in [0.1, 0.15) is 30.6 Å². The number of benzene rings is 1. The zero-order valence-corrected chi connectivity index (χ0v) is 13.0. The molecule has 0 aliphatic rings. The minimum Gasteiger partial charge on any atom is -0.351 e. The maximum absolute atomic E-state index is 12.7. The lowest BCUT2D eigenvalue weighted by atomic mass is 10.1. The second kappa shape index (κ2) is 8.09. The van der Waals surface area contributed by atoms with Gasteiger partial charge >= 0.3 is 0 Å². The van der Waals surface area contributed by atoms with Crippen LogP contribution in [0.5, 0.6) is 0 Å². The molecule has 1 aromatic carbocycles. The highest BCUT2D eigenvalue weighted by atomic mass is 32.2. The van der Waals surface area contributed by atoms with E-state index in [2.05, 4.69) is 10.0 Å². The fraction of sp³-hybridized carbons (Fsp3) is 0.500. The fourth-order valence-electron chi connectivity index (χ4n) is 1.58. The Kier molecular flexibility index (Phi) is 6.77. The predicted octanol–water partition coefficient (Wildman–Crippen LogP) is 1.52. The number of sulfonamides is 1. The number of hydrogen-bond donors (Lipinski definition) is 2. The molecule has 5 nitrogen and oxygen atoms in total. The summed E-state index contributed by atoms with van der Waals surface area (Å²) in [5.41, 5.74) is 0.293. The quantitative estimate of drug-likeness (QED) is 0.763.